The van der Waals surface area contributed by atoms with Gasteiger partial charge in [-0.2, -0.15) is 0 Å². The van der Waals surface area contributed by atoms with Crippen LogP contribution < -0.4 is 0 Å². The summed E-state index contributed by atoms with van der Waals surface area (Å²) >= 11 is 0. The van der Waals surface area contributed by atoms with Gasteiger partial charge in [-0.3, -0.25) is 0 Å². The molecule has 1 aromatic carbocycles. The summed E-state index contributed by atoms with van der Waals surface area (Å²) in [5, 5.41) is 0. The molecular weight excluding hydrogens is 204 g/mol. The second-order valence-corrected chi connectivity index (χ2v) is 4.89. The number of allylic oxidation sites excluding steroid dienone is 5. The first-order valence-electron chi connectivity index (χ1n) is 6.21. The van der Waals surface area contributed by atoms with Crippen LogP contribution in [0.1, 0.15) is 29.5 Å². The maximum atomic E-state index is 3.92. The van der Waals surface area contributed by atoms with Crippen molar-refractivity contribution in [3.05, 3.63) is 71.8 Å². The molecule has 88 valence electrons. The molecule has 1 aliphatic carbocycles. The highest BCUT2D eigenvalue weighted by Crippen LogP contribution is 2.38. The van der Waals surface area contributed by atoms with E-state index in [2.05, 4.69) is 62.9 Å². The average Bonchev–Trinajstić information content (AvgIpc) is 2.34. The monoisotopic (exact) mass is 224 g/mol. The van der Waals surface area contributed by atoms with Gasteiger partial charge >= 0.3 is 0 Å². The zero-order valence-corrected chi connectivity index (χ0v) is 10.7. The van der Waals surface area contributed by atoms with E-state index in [1.165, 1.54) is 16.7 Å². The molecule has 0 radical (unpaired) electrons. The molecule has 0 saturated carbocycles. The third-order valence-corrected chi connectivity index (χ3v) is 3.79. The van der Waals surface area contributed by atoms with Crippen LogP contribution in [0.15, 0.2) is 55.2 Å². The Kier molecular flexibility index (Phi) is 3.33. The zero-order valence-electron chi connectivity index (χ0n) is 10.7. The standard InChI is InChI=1S/C17H20/c1-4-11-17(12-6-5-7-13-17)16-10-8-9-14(2)15(16)3/h4-10,12H,1,11,13H2,2-3H3. The summed E-state index contributed by atoms with van der Waals surface area (Å²) in [7, 11) is 0. The molecule has 0 N–H and O–H groups in total. The lowest BCUT2D eigenvalue weighted by Gasteiger charge is -2.33. The van der Waals surface area contributed by atoms with E-state index in [-0.39, 0.29) is 5.41 Å². The van der Waals surface area contributed by atoms with E-state index in [0.29, 0.717) is 0 Å². The second-order valence-electron chi connectivity index (χ2n) is 4.89. The minimum Gasteiger partial charge on any atom is -0.103 e. The lowest BCUT2D eigenvalue weighted by molar-refractivity contribution is 0.542. The summed E-state index contributed by atoms with van der Waals surface area (Å²) < 4.78 is 0. The number of rotatable bonds is 3. The van der Waals surface area contributed by atoms with Crippen LogP contribution in [0.25, 0.3) is 0 Å². The Hall–Kier alpha value is -1.56. The van der Waals surface area contributed by atoms with Gasteiger partial charge in [-0.25, -0.2) is 0 Å². The second kappa shape index (κ2) is 4.75. The molecule has 1 aliphatic rings. The number of aryl methyl sites for hydroxylation is 1. The normalized spacial score (nSPS) is 22.7. The highest BCUT2D eigenvalue weighted by atomic mass is 14.3. The first-order valence-corrected chi connectivity index (χ1v) is 6.21. The van der Waals surface area contributed by atoms with Crippen LogP contribution in [0.4, 0.5) is 0 Å². The smallest absolute Gasteiger partial charge is 0.0206 e. The van der Waals surface area contributed by atoms with Gasteiger partial charge in [0.25, 0.3) is 0 Å². The minimum absolute atomic E-state index is 0.118. The van der Waals surface area contributed by atoms with Gasteiger partial charge in [0.05, 0.1) is 0 Å². The van der Waals surface area contributed by atoms with Crippen molar-refractivity contribution in [1.29, 1.82) is 0 Å². The molecule has 0 fully saturated rings. The van der Waals surface area contributed by atoms with Crippen LogP contribution in [-0.4, -0.2) is 0 Å². The Morgan fingerprint density at radius 3 is 2.76 bits per heavy atom. The average molecular weight is 224 g/mol. The molecule has 1 atom stereocenters. The van der Waals surface area contributed by atoms with E-state index >= 15 is 0 Å². The van der Waals surface area contributed by atoms with Crippen LogP contribution >= 0.6 is 0 Å². The highest BCUT2D eigenvalue weighted by Gasteiger charge is 2.29. The fourth-order valence-electron chi connectivity index (χ4n) is 2.67. The first kappa shape index (κ1) is 11.9. The van der Waals surface area contributed by atoms with Crippen LogP contribution in [0, 0.1) is 13.8 Å². The van der Waals surface area contributed by atoms with Crippen LogP contribution in [0.5, 0.6) is 0 Å². The third-order valence-electron chi connectivity index (χ3n) is 3.79. The molecule has 0 saturated heterocycles. The highest BCUT2D eigenvalue weighted by molar-refractivity contribution is 5.44. The van der Waals surface area contributed by atoms with E-state index in [4.69, 9.17) is 0 Å². The molecule has 0 aliphatic heterocycles. The van der Waals surface area contributed by atoms with E-state index in [0.717, 1.165) is 12.8 Å². The third kappa shape index (κ3) is 2.12. The Morgan fingerprint density at radius 1 is 1.29 bits per heavy atom. The van der Waals surface area contributed by atoms with Gasteiger partial charge in [0, 0.05) is 5.41 Å². The number of hydrogen-bond acceptors (Lipinski definition) is 0. The summed E-state index contributed by atoms with van der Waals surface area (Å²) in [5.41, 5.74) is 4.34. The number of hydrogen-bond donors (Lipinski definition) is 0. The van der Waals surface area contributed by atoms with Crippen molar-refractivity contribution >= 4 is 0 Å². The predicted molar refractivity (Wildman–Crippen MR) is 75.3 cm³/mol. The SMILES string of the molecule is C=CCC1(c2cccc(C)c2C)C=CC=CC1. The van der Waals surface area contributed by atoms with Crippen molar-refractivity contribution in [2.24, 2.45) is 0 Å². The molecule has 0 amide bonds. The van der Waals surface area contributed by atoms with Crippen molar-refractivity contribution in [2.75, 3.05) is 0 Å². The van der Waals surface area contributed by atoms with Gasteiger partial charge in [-0.15, -0.1) is 6.58 Å². The van der Waals surface area contributed by atoms with Gasteiger partial charge in [0.2, 0.25) is 0 Å². The summed E-state index contributed by atoms with van der Waals surface area (Å²) in [4.78, 5) is 0. The Bertz CT molecular complexity index is 473. The lowest BCUT2D eigenvalue weighted by atomic mass is 9.71. The Balaban J connectivity index is 2.53. The van der Waals surface area contributed by atoms with Gasteiger partial charge in [-0.1, -0.05) is 48.6 Å². The summed E-state index contributed by atoms with van der Waals surface area (Å²) in [6, 6.07) is 6.60. The van der Waals surface area contributed by atoms with E-state index < -0.39 is 0 Å². The van der Waals surface area contributed by atoms with Gasteiger partial charge in [0.15, 0.2) is 0 Å². The van der Waals surface area contributed by atoms with Gasteiger partial charge < -0.3 is 0 Å². The quantitative estimate of drug-likeness (QED) is 0.656. The first-order chi connectivity index (χ1) is 8.19. The lowest BCUT2D eigenvalue weighted by Crippen LogP contribution is -2.24. The van der Waals surface area contributed by atoms with Crippen LogP contribution in [0.3, 0.4) is 0 Å². The Morgan fingerprint density at radius 2 is 2.12 bits per heavy atom. The minimum atomic E-state index is 0.118. The summed E-state index contributed by atoms with van der Waals surface area (Å²) in [6.07, 6.45) is 13.0. The van der Waals surface area contributed by atoms with Crippen molar-refractivity contribution < 1.29 is 0 Å². The molecule has 0 nitrogen and oxygen atoms in total. The largest absolute Gasteiger partial charge is 0.103 e. The molecule has 0 heteroatoms. The van der Waals surface area contributed by atoms with Gasteiger partial charge in [-0.05, 0) is 43.4 Å². The Labute approximate surface area is 104 Å². The van der Waals surface area contributed by atoms with E-state index in [1.807, 2.05) is 6.08 Å². The van der Waals surface area contributed by atoms with Crippen molar-refractivity contribution in [3.63, 3.8) is 0 Å². The van der Waals surface area contributed by atoms with Crippen LogP contribution in [-0.2, 0) is 5.41 Å². The molecule has 17 heavy (non-hydrogen) atoms. The molecular formula is C17H20. The van der Waals surface area contributed by atoms with Gasteiger partial charge in [0.1, 0.15) is 0 Å². The van der Waals surface area contributed by atoms with Crippen LogP contribution in [0.2, 0.25) is 0 Å². The maximum Gasteiger partial charge on any atom is 0.0206 e. The van der Waals surface area contributed by atoms with Crippen molar-refractivity contribution in [1.82, 2.24) is 0 Å². The summed E-state index contributed by atoms with van der Waals surface area (Å²) in [5.74, 6) is 0. The molecule has 0 bridgehead atoms. The molecule has 0 heterocycles. The zero-order chi connectivity index (χ0) is 12.3. The fourth-order valence-corrected chi connectivity index (χ4v) is 2.67. The number of benzene rings is 1. The fraction of sp³-hybridized carbons (Fsp3) is 0.294. The topological polar surface area (TPSA) is 0 Å². The molecule has 1 unspecified atom stereocenters. The molecule has 0 spiro atoms. The molecule has 1 aromatic rings. The predicted octanol–water partition coefficient (Wildman–Crippen LogP) is 4.63. The van der Waals surface area contributed by atoms with Crippen molar-refractivity contribution in [3.8, 4) is 0 Å². The maximum absolute atomic E-state index is 3.92. The van der Waals surface area contributed by atoms with Crippen molar-refractivity contribution in [2.45, 2.75) is 32.1 Å². The summed E-state index contributed by atoms with van der Waals surface area (Å²) in [6.45, 7) is 8.33. The van der Waals surface area contributed by atoms with E-state index in [1.54, 1.807) is 0 Å². The van der Waals surface area contributed by atoms with E-state index in [9.17, 15) is 0 Å². The molecule has 2 rings (SSSR count). The molecule has 0 aromatic heterocycles.